The predicted octanol–water partition coefficient (Wildman–Crippen LogP) is 1.90. The van der Waals surface area contributed by atoms with E-state index >= 15 is 0 Å². The van der Waals surface area contributed by atoms with E-state index in [-0.39, 0.29) is 0 Å². The van der Waals surface area contributed by atoms with Crippen molar-refractivity contribution in [3.8, 4) is 11.5 Å². The van der Waals surface area contributed by atoms with Crippen molar-refractivity contribution in [2.45, 2.75) is 0 Å². The molecule has 0 aliphatic carbocycles. The molecule has 0 aromatic carbocycles. The summed E-state index contributed by atoms with van der Waals surface area (Å²) in [6.07, 6.45) is 3.46. The first kappa shape index (κ1) is 9.29. The Morgan fingerprint density at radius 1 is 1.06 bits per heavy atom. The number of rotatable bonds is 1. The van der Waals surface area contributed by atoms with Crippen molar-refractivity contribution in [3.63, 3.8) is 0 Å². The van der Waals surface area contributed by atoms with Crippen LogP contribution in [0.25, 0.3) is 33.7 Å². The third kappa shape index (κ3) is 1.29. The first-order valence-corrected chi connectivity index (χ1v) is 5.51. The Morgan fingerprint density at radius 2 is 2.06 bits per heavy atom. The molecular formula is C12H8N6. The van der Waals surface area contributed by atoms with E-state index in [1.54, 1.807) is 12.4 Å². The van der Waals surface area contributed by atoms with Gasteiger partial charge < -0.3 is 4.98 Å². The molecule has 0 radical (unpaired) electrons. The van der Waals surface area contributed by atoms with Gasteiger partial charge in [0.2, 0.25) is 0 Å². The molecule has 0 fully saturated rings. The fourth-order valence-corrected chi connectivity index (χ4v) is 1.92. The number of H-pyrrole nitrogens is 2. The molecule has 86 valence electrons. The molecule has 18 heavy (non-hydrogen) atoms. The van der Waals surface area contributed by atoms with E-state index in [0.29, 0.717) is 11.5 Å². The van der Waals surface area contributed by atoms with Crippen LogP contribution in [0.15, 0.2) is 36.7 Å². The van der Waals surface area contributed by atoms with Crippen LogP contribution >= 0.6 is 0 Å². The SMILES string of the molecule is c1cnc2nc(-c3ccc4cn[nH]c4n3)[nH]c2c1. The van der Waals surface area contributed by atoms with E-state index in [0.717, 1.165) is 22.2 Å². The molecule has 0 saturated heterocycles. The molecule has 4 rings (SSSR count). The van der Waals surface area contributed by atoms with Crippen LogP contribution < -0.4 is 0 Å². The highest BCUT2D eigenvalue weighted by atomic mass is 15.1. The maximum Gasteiger partial charge on any atom is 0.178 e. The Hall–Kier alpha value is -2.76. The molecule has 0 atom stereocenters. The highest BCUT2D eigenvalue weighted by molar-refractivity contribution is 5.79. The molecule has 2 N–H and O–H groups in total. The lowest BCUT2D eigenvalue weighted by Gasteiger charge is -1.94. The van der Waals surface area contributed by atoms with E-state index in [1.807, 2.05) is 24.3 Å². The number of pyridine rings is 2. The highest BCUT2D eigenvalue weighted by Gasteiger charge is 2.08. The summed E-state index contributed by atoms with van der Waals surface area (Å²) in [7, 11) is 0. The van der Waals surface area contributed by atoms with Crippen LogP contribution in [0.1, 0.15) is 0 Å². The van der Waals surface area contributed by atoms with E-state index < -0.39 is 0 Å². The van der Waals surface area contributed by atoms with Gasteiger partial charge in [-0.05, 0) is 24.3 Å². The van der Waals surface area contributed by atoms with Crippen molar-refractivity contribution in [2.75, 3.05) is 0 Å². The molecule has 6 heteroatoms. The molecular weight excluding hydrogens is 228 g/mol. The van der Waals surface area contributed by atoms with Crippen molar-refractivity contribution < 1.29 is 0 Å². The van der Waals surface area contributed by atoms with Gasteiger partial charge in [0.25, 0.3) is 0 Å². The molecule has 0 amide bonds. The van der Waals surface area contributed by atoms with E-state index in [2.05, 4.69) is 30.1 Å². The van der Waals surface area contributed by atoms with Gasteiger partial charge in [0.15, 0.2) is 17.1 Å². The number of hydrogen-bond acceptors (Lipinski definition) is 4. The van der Waals surface area contributed by atoms with E-state index in [4.69, 9.17) is 0 Å². The monoisotopic (exact) mass is 236 g/mol. The van der Waals surface area contributed by atoms with Crippen LogP contribution in [0.5, 0.6) is 0 Å². The lowest BCUT2D eigenvalue weighted by Crippen LogP contribution is -1.86. The van der Waals surface area contributed by atoms with Gasteiger partial charge in [-0.3, -0.25) is 5.10 Å². The van der Waals surface area contributed by atoms with Gasteiger partial charge in [-0.15, -0.1) is 0 Å². The van der Waals surface area contributed by atoms with Gasteiger partial charge in [-0.25, -0.2) is 15.0 Å². The third-order valence-corrected chi connectivity index (χ3v) is 2.80. The smallest absolute Gasteiger partial charge is 0.178 e. The summed E-state index contributed by atoms with van der Waals surface area (Å²) < 4.78 is 0. The molecule has 0 aliphatic heterocycles. The molecule has 4 aromatic heterocycles. The Bertz CT molecular complexity index is 811. The van der Waals surface area contributed by atoms with Crippen LogP contribution in [-0.2, 0) is 0 Å². The fourth-order valence-electron chi connectivity index (χ4n) is 1.92. The Morgan fingerprint density at radius 3 is 3.00 bits per heavy atom. The van der Waals surface area contributed by atoms with Crippen LogP contribution in [0.3, 0.4) is 0 Å². The maximum absolute atomic E-state index is 4.46. The van der Waals surface area contributed by atoms with Crippen molar-refractivity contribution in [3.05, 3.63) is 36.7 Å². The Labute approximate surface area is 101 Å². The van der Waals surface area contributed by atoms with Crippen LogP contribution in [0.2, 0.25) is 0 Å². The van der Waals surface area contributed by atoms with E-state index in [1.165, 1.54) is 0 Å². The van der Waals surface area contributed by atoms with Crippen molar-refractivity contribution in [1.29, 1.82) is 0 Å². The minimum atomic E-state index is 0.694. The molecule has 0 bridgehead atoms. The Kier molecular flexibility index (Phi) is 1.74. The third-order valence-electron chi connectivity index (χ3n) is 2.80. The minimum Gasteiger partial charge on any atom is -0.335 e. The summed E-state index contributed by atoms with van der Waals surface area (Å²) in [6, 6.07) is 7.68. The lowest BCUT2D eigenvalue weighted by atomic mass is 10.3. The summed E-state index contributed by atoms with van der Waals surface area (Å²) in [5.41, 5.74) is 3.11. The summed E-state index contributed by atoms with van der Waals surface area (Å²) in [4.78, 5) is 16.3. The fraction of sp³-hybridized carbons (Fsp3) is 0. The van der Waals surface area contributed by atoms with Crippen molar-refractivity contribution in [2.24, 2.45) is 0 Å². The van der Waals surface area contributed by atoms with Gasteiger partial charge in [0, 0.05) is 11.6 Å². The zero-order valence-electron chi connectivity index (χ0n) is 9.25. The first-order chi connectivity index (χ1) is 8.90. The molecule has 0 aliphatic rings. The van der Waals surface area contributed by atoms with Crippen LogP contribution in [0.4, 0.5) is 0 Å². The summed E-state index contributed by atoms with van der Waals surface area (Å²) in [5.74, 6) is 0.709. The number of imidazole rings is 1. The van der Waals surface area contributed by atoms with E-state index in [9.17, 15) is 0 Å². The normalized spacial score (nSPS) is 11.3. The first-order valence-electron chi connectivity index (χ1n) is 5.51. The molecule has 0 saturated carbocycles. The second-order valence-electron chi connectivity index (χ2n) is 3.96. The number of aromatic amines is 2. The second-order valence-corrected chi connectivity index (χ2v) is 3.96. The summed E-state index contributed by atoms with van der Waals surface area (Å²) in [5, 5.41) is 7.77. The molecule has 0 unspecified atom stereocenters. The highest BCUT2D eigenvalue weighted by Crippen LogP contribution is 2.19. The average molecular weight is 236 g/mol. The van der Waals surface area contributed by atoms with Gasteiger partial charge in [0.1, 0.15) is 5.69 Å². The van der Waals surface area contributed by atoms with Gasteiger partial charge in [-0.1, -0.05) is 0 Å². The Balaban J connectivity index is 1.94. The zero-order valence-corrected chi connectivity index (χ0v) is 9.25. The zero-order chi connectivity index (χ0) is 11.9. The predicted molar refractivity (Wildman–Crippen MR) is 66.8 cm³/mol. The number of nitrogens with zero attached hydrogens (tertiary/aromatic N) is 4. The van der Waals surface area contributed by atoms with Gasteiger partial charge in [0.05, 0.1) is 11.7 Å². The van der Waals surface area contributed by atoms with Crippen molar-refractivity contribution >= 4 is 22.2 Å². The number of aromatic nitrogens is 6. The molecule has 6 nitrogen and oxygen atoms in total. The molecule has 4 heterocycles. The second kappa shape index (κ2) is 3.36. The quantitative estimate of drug-likeness (QED) is 0.528. The molecule has 0 spiro atoms. The lowest BCUT2D eigenvalue weighted by molar-refractivity contribution is 1.10. The summed E-state index contributed by atoms with van der Waals surface area (Å²) in [6.45, 7) is 0. The van der Waals surface area contributed by atoms with Gasteiger partial charge in [-0.2, -0.15) is 5.10 Å². The number of nitrogens with one attached hydrogen (secondary N) is 2. The maximum atomic E-state index is 4.46. The summed E-state index contributed by atoms with van der Waals surface area (Å²) >= 11 is 0. The largest absolute Gasteiger partial charge is 0.335 e. The topological polar surface area (TPSA) is 83.1 Å². The van der Waals surface area contributed by atoms with Gasteiger partial charge >= 0.3 is 0 Å². The number of fused-ring (bicyclic) bond motifs is 2. The average Bonchev–Trinajstić information content (AvgIpc) is 3.04. The standard InChI is InChI=1S/C12H8N6/c1-2-8-11(13-5-1)17-12(16-8)9-4-3-7-6-14-18-10(7)15-9/h1-6H,(H,13,16,17)(H,14,15,18). The molecule has 4 aromatic rings. The minimum absolute atomic E-state index is 0.694. The van der Waals surface area contributed by atoms with Crippen LogP contribution in [0, 0.1) is 0 Å². The number of hydrogen-bond donors (Lipinski definition) is 2. The van der Waals surface area contributed by atoms with Crippen molar-refractivity contribution in [1.82, 2.24) is 30.1 Å². The van der Waals surface area contributed by atoms with Crippen LogP contribution in [-0.4, -0.2) is 30.1 Å².